The molecule has 0 N–H and O–H groups in total. The number of nitrogens with zero attached hydrogens (tertiary/aromatic N) is 1. The molecule has 3 rings (SSSR count). The first kappa shape index (κ1) is 16.5. The van der Waals surface area contributed by atoms with Gasteiger partial charge in [-0.05, 0) is 49.8 Å². The Bertz CT molecular complexity index is 704. The number of fused-ring (bicyclic) bond motifs is 1. The maximum atomic E-state index is 13.1. The van der Waals surface area contributed by atoms with Gasteiger partial charge in [0.15, 0.2) is 0 Å². The third-order valence-electron chi connectivity index (χ3n) is 4.53. The number of alkyl halides is 1. The molecule has 0 radical (unpaired) electrons. The van der Waals surface area contributed by atoms with E-state index >= 15 is 0 Å². The van der Waals surface area contributed by atoms with Crippen LogP contribution in [0.4, 0.5) is 0 Å². The fourth-order valence-corrected chi connectivity index (χ4v) is 4.11. The molecule has 1 atom stereocenters. The van der Waals surface area contributed by atoms with E-state index in [1.54, 1.807) is 11.3 Å². The molecule has 23 heavy (non-hydrogen) atoms. The van der Waals surface area contributed by atoms with Crippen LogP contribution in [0.5, 0.6) is 0 Å². The van der Waals surface area contributed by atoms with Crippen molar-refractivity contribution in [2.45, 2.75) is 33.2 Å². The van der Waals surface area contributed by atoms with Gasteiger partial charge in [0, 0.05) is 17.3 Å². The Labute approximate surface area is 147 Å². The van der Waals surface area contributed by atoms with Gasteiger partial charge in [-0.25, -0.2) is 0 Å². The van der Waals surface area contributed by atoms with Crippen molar-refractivity contribution in [1.82, 2.24) is 4.90 Å². The largest absolute Gasteiger partial charge is 0.331 e. The molecule has 1 aliphatic heterocycles. The van der Waals surface area contributed by atoms with Crippen LogP contribution in [0.2, 0.25) is 0 Å². The van der Waals surface area contributed by atoms with Crippen molar-refractivity contribution in [2.75, 3.05) is 12.4 Å². The summed E-state index contributed by atoms with van der Waals surface area (Å²) in [5.74, 6) is 0.467. The summed E-state index contributed by atoms with van der Waals surface area (Å²) in [6, 6.07) is 10.7. The van der Waals surface area contributed by atoms with Gasteiger partial charge in [-0.1, -0.05) is 29.8 Å². The smallest absolute Gasteiger partial charge is 0.230 e. The molecule has 0 saturated heterocycles. The minimum atomic E-state index is -0.544. The first-order chi connectivity index (χ1) is 10.9. The normalized spacial score (nSPS) is 17.9. The van der Waals surface area contributed by atoms with Crippen LogP contribution in [0.3, 0.4) is 0 Å². The predicted molar refractivity (Wildman–Crippen MR) is 97.3 cm³/mol. The van der Waals surface area contributed by atoms with E-state index in [0.717, 1.165) is 13.0 Å². The number of aryl methyl sites for hydroxylation is 1. The summed E-state index contributed by atoms with van der Waals surface area (Å²) in [5, 5.41) is 2.13. The minimum absolute atomic E-state index is 0.000548. The standard InChI is InChI=1S/C19H22ClNOS/c1-13-4-6-14(7-5-13)17-15-9-11-23-16(15)8-10-21(17)18(22)19(2,3)12-20/h4-7,9,11,17H,8,10,12H2,1-3H3. The average molecular weight is 348 g/mol. The van der Waals surface area contributed by atoms with Crippen molar-refractivity contribution in [2.24, 2.45) is 5.41 Å². The Morgan fingerprint density at radius 2 is 2.00 bits per heavy atom. The molecular formula is C19H22ClNOS. The number of hydrogen-bond acceptors (Lipinski definition) is 2. The lowest BCUT2D eigenvalue weighted by Crippen LogP contribution is -2.47. The number of benzene rings is 1. The van der Waals surface area contributed by atoms with Crippen LogP contribution in [0.15, 0.2) is 35.7 Å². The molecule has 0 fully saturated rings. The van der Waals surface area contributed by atoms with Crippen molar-refractivity contribution < 1.29 is 4.79 Å². The Kier molecular flexibility index (Phi) is 4.52. The highest BCUT2D eigenvalue weighted by molar-refractivity contribution is 7.10. The zero-order chi connectivity index (χ0) is 16.6. The lowest BCUT2D eigenvalue weighted by Gasteiger charge is -2.40. The number of amides is 1. The van der Waals surface area contributed by atoms with Gasteiger partial charge in [-0.15, -0.1) is 22.9 Å². The van der Waals surface area contributed by atoms with E-state index in [-0.39, 0.29) is 11.9 Å². The maximum absolute atomic E-state index is 13.1. The Hall–Kier alpha value is -1.32. The fraction of sp³-hybridized carbons (Fsp3) is 0.421. The van der Waals surface area contributed by atoms with Gasteiger partial charge in [-0.3, -0.25) is 4.79 Å². The van der Waals surface area contributed by atoms with Gasteiger partial charge in [0.1, 0.15) is 0 Å². The van der Waals surface area contributed by atoms with Crippen molar-refractivity contribution in [1.29, 1.82) is 0 Å². The van der Waals surface area contributed by atoms with Crippen molar-refractivity contribution in [3.8, 4) is 0 Å². The quantitative estimate of drug-likeness (QED) is 0.730. The van der Waals surface area contributed by atoms with Crippen LogP contribution in [0.25, 0.3) is 0 Å². The Balaban J connectivity index is 2.05. The summed E-state index contributed by atoms with van der Waals surface area (Å²) in [4.78, 5) is 16.5. The van der Waals surface area contributed by atoms with Crippen LogP contribution in [0.1, 0.15) is 41.5 Å². The molecule has 2 nitrogen and oxygen atoms in total. The predicted octanol–water partition coefficient (Wildman–Crippen LogP) is 4.80. The maximum Gasteiger partial charge on any atom is 0.230 e. The number of hydrogen-bond donors (Lipinski definition) is 0. The monoisotopic (exact) mass is 347 g/mol. The second-order valence-corrected chi connectivity index (χ2v) is 8.15. The van der Waals surface area contributed by atoms with E-state index in [4.69, 9.17) is 11.6 Å². The molecule has 2 heterocycles. The van der Waals surface area contributed by atoms with Gasteiger partial charge >= 0.3 is 0 Å². The number of carbonyl (C=O) groups excluding carboxylic acids is 1. The first-order valence-electron chi connectivity index (χ1n) is 7.94. The highest BCUT2D eigenvalue weighted by Gasteiger charge is 2.39. The van der Waals surface area contributed by atoms with E-state index in [2.05, 4.69) is 42.6 Å². The van der Waals surface area contributed by atoms with Crippen LogP contribution in [-0.2, 0) is 11.2 Å². The number of rotatable bonds is 3. The molecule has 4 heteroatoms. The second-order valence-electron chi connectivity index (χ2n) is 6.88. The summed E-state index contributed by atoms with van der Waals surface area (Å²) in [5.41, 5.74) is 3.13. The zero-order valence-corrected chi connectivity index (χ0v) is 15.4. The third kappa shape index (κ3) is 3.05. The molecule has 1 aliphatic rings. The number of halogens is 1. The topological polar surface area (TPSA) is 20.3 Å². The van der Waals surface area contributed by atoms with E-state index in [0.29, 0.717) is 5.88 Å². The number of carbonyl (C=O) groups is 1. The van der Waals surface area contributed by atoms with Crippen molar-refractivity contribution >= 4 is 28.8 Å². The molecule has 0 aliphatic carbocycles. The lowest BCUT2D eigenvalue weighted by atomic mass is 9.88. The molecular weight excluding hydrogens is 326 g/mol. The summed E-state index contributed by atoms with van der Waals surface area (Å²) < 4.78 is 0. The highest BCUT2D eigenvalue weighted by atomic mass is 35.5. The summed E-state index contributed by atoms with van der Waals surface area (Å²) in [6.45, 7) is 6.70. The SMILES string of the molecule is Cc1ccc(C2c3ccsc3CCN2C(=O)C(C)(C)CCl)cc1. The van der Waals surface area contributed by atoms with E-state index in [1.165, 1.54) is 21.6 Å². The molecule has 1 unspecified atom stereocenters. The highest BCUT2D eigenvalue weighted by Crippen LogP contribution is 2.40. The van der Waals surface area contributed by atoms with Crippen LogP contribution < -0.4 is 0 Å². The molecule has 122 valence electrons. The van der Waals surface area contributed by atoms with E-state index in [9.17, 15) is 4.79 Å². The van der Waals surface area contributed by atoms with Gasteiger partial charge in [0.2, 0.25) is 5.91 Å². The Morgan fingerprint density at radius 1 is 1.30 bits per heavy atom. The van der Waals surface area contributed by atoms with Gasteiger partial charge in [0.25, 0.3) is 0 Å². The molecule has 0 bridgehead atoms. The molecule has 1 amide bonds. The van der Waals surface area contributed by atoms with Crippen LogP contribution in [0, 0.1) is 12.3 Å². The molecule has 1 aromatic heterocycles. The minimum Gasteiger partial charge on any atom is -0.331 e. The first-order valence-corrected chi connectivity index (χ1v) is 9.35. The third-order valence-corrected chi connectivity index (χ3v) is 6.20. The molecule has 1 aromatic carbocycles. The molecule has 2 aromatic rings. The summed E-state index contributed by atoms with van der Waals surface area (Å²) >= 11 is 7.85. The second kappa shape index (κ2) is 6.29. The lowest BCUT2D eigenvalue weighted by molar-refractivity contribution is -0.141. The van der Waals surface area contributed by atoms with E-state index in [1.807, 2.05) is 18.7 Å². The van der Waals surface area contributed by atoms with Gasteiger partial charge in [-0.2, -0.15) is 0 Å². The van der Waals surface area contributed by atoms with E-state index < -0.39 is 5.41 Å². The van der Waals surface area contributed by atoms with Gasteiger partial charge < -0.3 is 4.90 Å². The molecule has 0 saturated carbocycles. The van der Waals surface area contributed by atoms with Crippen LogP contribution in [-0.4, -0.2) is 23.2 Å². The van der Waals surface area contributed by atoms with Crippen molar-refractivity contribution in [3.05, 3.63) is 57.3 Å². The molecule has 0 spiro atoms. The van der Waals surface area contributed by atoms with Crippen molar-refractivity contribution in [3.63, 3.8) is 0 Å². The van der Waals surface area contributed by atoms with Crippen LogP contribution >= 0.6 is 22.9 Å². The average Bonchev–Trinajstić information content (AvgIpc) is 3.02. The number of thiophene rings is 1. The Morgan fingerprint density at radius 3 is 2.65 bits per heavy atom. The summed E-state index contributed by atoms with van der Waals surface area (Å²) in [6.07, 6.45) is 0.930. The zero-order valence-electron chi connectivity index (χ0n) is 13.8. The van der Waals surface area contributed by atoms with Gasteiger partial charge in [0.05, 0.1) is 11.5 Å². The fourth-order valence-electron chi connectivity index (χ4n) is 3.09. The summed E-state index contributed by atoms with van der Waals surface area (Å²) in [7, 11) is 0.